The third-order valence-corrected chi connectivity index (χ3v) is 7.46. The van der Waals surface area contributed by atoms with E-state index in [1.807, 2.05) is 53.4 Å². The van der Waals surface area contributed by atoms with E-state index in [1.165, 1.54) is 5.56 Å². The lowest BCUT2D eigenvalue weighted by atomic mass is 9.89. The number of benzene rings is 2. The highest BCUT2D eigenvalue weighted by atomic mass is 32.2. The molecular formula is C27H32N2O5S. The first-order chi connectivity index (χ1) is 17.1. The number of piperidine rings is 1. The van der Waals surface area contributed by atoms with E-state index >= 15 is 0 Å². The maximum absolute atomic E-state index is 13.4. The summed E-state index contributed by atoms with van der Waals surface area (Å²) in [6.07, 6.45) is 0.00526. The van der Waals surface area contributed by atoms with Gasteiger partial charge in [-0.1, -0.05) is 60.7 Å². The zero-order valence-electron chi connectivity index (χ0n) is 19.9. The number of carbonyl (C=O) groups is 3. The summed E-state index contributed by atoms with van der Waals surface area (Å²) in [4.78, 5) is 39.9. The molecule has 4 rings (SSSR count). The summed E-state index contributed by atoms with van der Waals surface area (Å²) >= 11 is 1.60. The fraction of sp³-hybridized carbons (Fsp3) is 0.444. The fourth-order valence-electron chi connectivity index (χ4n) is 4.39. The molecule has 186 valence electrons. The number of thioether (sulfide) groups is 1. The lowest BCUT2D eigenvalue weighted by Gasteiger charge is -2.34. The predicted molar refractivity (Wildman–Crippen MR) is 135 cm³/mol. The Morgan fingerprint density at radius 1 is 1.03 bits per heavy atom. The Morgan fingerprint density at radius 3 is 2.34 bits per heavy atom. The molecule has 0 aliphatic carbocycles. The molecule has 2 saturated heterocycles. The van der Waals surface area contributed by atoms with Crippen molar-refractivity contribution >= 4 is 29.5 Å². The highest BCUT2D eigenvalue weighted by Gasteiger charge is 2.52. The van der Waals surface area contributed by atoms with Gasteiger partial charge in [-0.25, -0.2) is 4.79 Å². The van der Waals surface area contributed by atoms with Crippen LogP contribution in [0.4, 0.5) is 0 Å². The largest absolute Gasteiger partial charge is 0.464 e. The van der Waals surface area contributed by atoms with Gasteiger partial charge >= 0.3 is 5.97 Å². The van der Waals surface area contributed by atoms with Crippen LogP contribution < -0.4 is 5.32 Å². The molecule has 0 unspecified atom stereocenters. The van der Waals surface area contributed by atoms with Crippen LogP contribution in [-0.2, 0) is 29.6 Å². The molecule has 0 aromatic heterocycles. The lowest BCUT2D eigenvalue weighted by molar-refractivity contribution is -0.144. The molecule has 7 nitrogen and oxygen atoms in total. The van der Waals surface area contributed by atoms with Gasteiger partial charge in [-0.05, 0) is 36.8 Å². The monoisotopic (exact) mass is 496 g/mol. The van der Waals surface area contributed by atoms with Crippen LogP contribution in [0.25, 0.3) is 0 Å². The molecule has 3 atom stereocenters. The lowest BCUT2D eigenvalue weighted by Crippen LogP contribution is -2.52. The van der Waals surface area contributed by atoms with Crippen molar-refractivity contribution in [1.82, 2.24) is 10.2 Å². The van der Waals surface area contributed by atoms with E-state index in [4.69, 9.17) is 9.47 Å². The summed E-state index contributed by atoms with van der Waals surface area (Å²) < 4.78 is 10.2. The third-order valence-electron chi connectivity index (χ3n) is 6.36. The maximum Gasteiger partial charge on any atom is 0.338 e. The molecule has 2 amide bonds. The number of carbonyl (C=O) groups excluding carboxylic acids is 3. The summed E-state index contributed by atoms with van der Waals surface area (Å²) in [6.45, 7) is 3.23. The predicted octanol–water partition coefficient (Wildman–Crippen LogP) is 3.14. The Labute approximate surface area is 210 Å². The van der Waals surface area contributed by atoms with Crippen molar-refractivity contribution in [3.05, 3.63) is 71.8 Å². The summed E-state index contributed by atoms with van der Waals surface area (Å²) in [7, 11) is 0. The van der Waals surface area contributed by atoms with Crippen molar-refractivity contribution in [1.29, 1.82) is 0 Å². The summed E-state index contributed by atoms with van der Waals surface area (Å²) in [5.41, 5.74) is 2.46. The average Bonchev–Trinajstić information content (AvgIpc) is 3.71. The van der Waals surface area contributed by atoms with Gasteiger partial charge in [0.05, 0.1) is 6.61 Å². The van der Waals surface area contributed by atoms with Crippen molar-refractivity contribution in [3.8, 4) is 0 Å². The molecule has 2 aromatic carbocycles. The normalized spacial score (nSPS) is 20.7. The van der Waals surface area contributed by atoms with Gasteiger partial charge < -0.3 is 19.7 Å². The second-order valence-electron chi connectivity index (χ2n) is 8.80. The van der Waals surface area contributed by atoms with Crippen molar-refractivity contribution < 1.29 is 23.9 Å². The van der Waals surface area contributed by atoms with Crippen LogP contribution in [0.1, 0.15) is 36.8 Å². The minimum Gasteiger partial charge on any atom is -0.464 e. The highest BCUT2D eigenvalue weighted by molar-refractivity contribution is 7.98. The molecule has 2 fully saturated rings. The van der Waals surface area contributed by atoms with E-state index in [9.17, 15) is 14.4 Å². The molecule has 0 spiro atoms. The van der Waals surface area contributed by atoms with Gasteiger partial charge in [-0.3, -0.25) is 9.59 Å². The number of nitrogens with zero attached hydrogens (tertiary/aromatic N) is 1. The van der Waals surface area contributed by atoms with Crippen LogP contribution in [0.5, 0.6) is 0 Å². The van der Waals surface area contributed by atoms with Gasteiger partial charge in [0.2, 0.25) is 5.91 Å². The second kappa shape index (κ2) is 12.2. The standard InChI is InChI=1S/C27H32N2O5S/c1-2-33-27(32)24-23(34-24)25(30)28-22(18-35-17-19-9-5-3-6-10-19)26(31)29-15-13-21(14-16-29)20-11-7-4-8-12-20/h3-12,21-24H,2,13-18H2,1H3,(H,28,30)/t22-,23-,24-/m0/s1. The first kappa shape index (κ1) is 25.3. The van der Waals surface area contributed by atoms with Crippen LogP contribution in [0.3, 0.4) is 0 Å². The van der Waals surface area contributed by atoms with Gasteiger partial charge in [0, 0.05) is 24.6 Å². The smallest absolute Gasteiger partial charge is 0.338 e. The Bertz CT molecular complexity index is 995. The third kappa shape index (κ3) is 6.86. The van der Waals surface area contributed by atoms with E-state index in [2.05, 4.69) is 17.4 Å². The van der Waals surface area contributed by atoms with Crippen molar-refractivity contribution in [2.24, 2.45) is 0 Å². The molecule has 8 heteroatoms. The quantitative estimate of drug-likeness (QED) is 0.402. The fourth-order valence-corrected chi connectivity index (χ4v) is 5.40. The van der Waals surface area contributed by atoms with Gasteiger partial charge in [-0.15, -0.1) is 0 Å². The molecule has 2 heterocycles. The number of epoxide rings is 1. The molecule has 2 aromatic rings. The van der Waals surface area contributed by atoms with E-state index in [1.54, 1.807) is 18.7 Å². The highest BCUT2D eigenvalue weighted by Crippen LogP contribution is 2.29. The summed E-state index contributed by atoms with van der Waals surface area (Å²) in [6, 6.07) is 19.7. The molecule has 2 aliphatic rings. The Hall–Kier alpha value is -2.84. The molecule has 0 bridgehead atoms. The second-order valence-corrected chi connectivity index (χ2v) is 9.83. The maximum atomic E-state index is 13.4. The number of rotatable bonds is 10. The molecule has 1 N–H and O–H groups in total. The topological polar surface area (TPSA) is 88.2 Å². The summed E-state index contributed by atoms with van der Waals surface area (Å²) in [5, 5.41) is 2.85. The molecule has 35 heavy (non-hydrogen) atoms. The van der Waals surface area contributed by atoms with Gasteiger partial charge in [0.25, 0.3) is 5.91 Å². The number of likely N-dealkylation sites (tertiary alicyclic amines) is 1. The molecular weight excluding hydrogens is 464 g/mol. The first-order valence-corrected chi connectivity index (χ1v) is 13.3. The zero-order valence-corrected chi connectivity index (χ0v) is 20.7. The average molecular weight is 497 g/mol. The number of hydrogen-bond donors (Lipinski definition) is 1. The number of nitrogens with one attached hydrogen (secondary N) is 1. The first-order valence-electron chi connectivity index (χ1n) is 12.1. The number of amides is 2. The van der Waals surface area contributed by atoms with Crippen LogP contribution >= 0.6 is 11.8 Å². The Kier molecular flexibility index (Phi) is 8.82. The van der Waals surface area contributed by atoms with Crippen molar-refractivity contribution in [3.63, 3.8) is 0 Å². The van der Waals surface area contributed by atoms with E-state index < -0.39 is 30.1 Å². The summed E-state index contributed by atoms with van der Waals surface area (Å²) in [5.74, 6) is 0.541. The number of ether oxygens (including phenoxy) is 2. The van der Waals surface area contributed by atoms with Crippen molar-refractivity contribution in [2.45, 2.75) is 49.7 Å². The number of esters is 1. The SMILES string of the molecule is CCOC(=O)[C@H]1O[C@@H]1C(=O)N[C@@H](CSCc1ccccc1)C(=O)N1CCC(c2ccccc2)CC1. The van der Waals surface area contributed by atoms with Crippen LogP contribution in [-0.4, -0.2) is 66.4 Å². The van der Waals surface area contributed by atoms with E-state index in [0.717, 1.165) is 24.2 Å². The van der Waals surface area contributed by atoms with Crippen LogP contribution in [0.15, 0.2) is 60.7 Å². The van der Waals surface area contributed by atoms with Crippen LogP contribution in [0, 0.1) is 0 Å². The molecule has 0 radical (unpaired) electrons. The Morgan fingerprint density at radius 2 is 1.69 bits per heavy atom. The van der Waals surface area contributed by atoms with Gasteiger partial charge in [-0.2, -0.15) is 11.8 Å². The molecule has 0 saturated carbocycles. The van der Waals surface area contributed by atoms with E-state index in [0.29, 0.717) is 24.8 Å². The Balaban J connectivity index is 1.35. The van der Waals surface area contributed by atoms with E-state index in [-0.39, 0.29) is 12.5 Å². The van der Waals surface area contributed by atoms with Crippen LogP contribution in [0.2, 0.25) is 0 Å². The molecule has 2 aliphatic heterocycles. The minimum absolute atomic E-state index is 0.0845. The zero-order chi connectivity index (χ0) is 24.6. The van der Waals surface area contributed by atoms with Gasteiger partial charge in [0.1, 0.15) is 6.04 Å². The minimum atomic E-state index is -0.896. The number of hydrogen-bond acceptors (Lipinski definition) is 6. The van der Waals surface area contributed by atoms with Crippen molar-refractivity contribution in [2.75, 3.05) is 25.4 Å². The van der Waals surface area contributed by atoms with Gasteiger partial charge in [0.15, 0.2) is 12.2 Å².